The van der Waals surface area contributed by atoms with Crippen LogP contribution in [-0.4, -0.2) is 78.7 Å². The number of amides is 1. The van der Waals surface area contributed by atoms with E-state index < -0.39 is 70.6 Å². The van der Waals surface area contributed by atoms with Gasteiger partial charge in [-0.1, -0.05) is 13.0 Å². The molecular weight excluding hydrogens is 548 g/mol. The van der Waals surface area contributed by atoms with Crippen molar-refractivity contribution in [3.05, 3.63) is 53.1 Å². The lowest BCUT2D eigenvalue weighted by Crippen LogP contribution is -2.47. The summed E-state index contributed by atoms with van der Waals surface area (Å²) in [7, 11) is 1.01. The first-order valence-corrected chi connectivity index (χ1v) is 12.5. The van der Waals surface area contributed by atoms with Crippen molar-refractivity contribution >= 4 is 11.6 Å². The van der Waals surface area contributed by atoms with Gasteiger partial charge in [0.25, 0.3) is 5.91 Å². The smallest absolute Gasteiger partial charge is 0.417 e. The monoisotopic (exact) mass is 577 g/mol. The molecule has 2 saturated heterocycles. The van der Waals surface area contributed by atoms with Crippen LogP contribution in [0.15, 0.2) is 24.4 Å². The fourth-order valence-corrected chi connectivity index (χ4v) is 5.10. The van der Waals surface area contributed by atoms with Crippen LogP contribution in [0.1, 0.15) is 37.1 Å². The predicted octanol–water partition coefficient (Wildman–Crippen LogP) is 3.95. The summed E-state index contributed by atoms with van der Waals surface area (Å²) in [5, 5.41) is 12.8. The third kappa shape index (κ3) is 5.62. The fourth-order valence-electron chi connectivity index (χ4n) is 5.10. The van der Waals surface area contributed by atoms with Crippen LogP contribution in [-0.2, 0) is 14.3 Å². The molecule has 2 aliphatic rings. The average Bonchev–Trinajstić information content (AvgIpc) is 3.19. The minimum atomic E-state index is -4.95. The Morgan fingerprint density at radius 1 is 1.25 bits per heavy atom. The highest BCUT2D eigenvalue weighted by molar-refractivity contribution is 5.95. The number of alkyl halides is 3. The number of benzene rings is 1. The topological polar surface area (TPSA) is 93.2 Å². The lowest BCUT2D eigenvalue weighted by atomic mass is 9.77. The number of nitrogens with one attached hydrogen (secondary N) is 1. The van der Waals surface area contributed by atoms with Crippen LogP contribution in [0, 0.1) is 23.4 Å². The van der Waals surface area contributed by atoms with E-state index in [9.17, 15) is 36.2 Å². The Hall–Kier alpha value is -2.94. The quantitative estimate of drug-likeness (QED) is 0.482. The van der Waals surface area contributed by atoms with Crippen LogP contribution in [0.3, 0.4) is 0 Å². The second kappa shape index (κ2) is 11.5. The minimum Gasteiger partial charge on any atom is -0.493 e. The number of nitrogens with zero attached hydrogens (tertiary/aromatic N) is 2. The van der Waals surface area contributed by atoms with Gasteiger partial charge in [0.05, 0.1) is 37.9 Å². The number of anilines is 1. The summed E-state index contributed by atoms with van der Waals surface area (Å²) >= 11 is 0. The summed E-state index contributed by atoms with van der Waals surface area (Å²) in [6.45, 7) is 4.14. The SMILES string of the molecule is COc1c([C@H]2[C@H](C(=O)Nc3cc([C@H](O)CN4CCOCC4)ncc3F)O[C@@](C)(C(F)(F)F)[C@H]2C)ccc(F)c1F. The number of rotatable bonds is 7. The Kier molecular flexibility index (Phi) is 8.64. The summed E-state index contributed by atoms with van der Waals surface area (Å²) in [6, 6.07) is 2.81. The second-order valence-corrected chi connectivity index (χ2v) is 9.95. The molecule has 14 heteroatoms. The first-order chi connectivity index (χ1) is 18.8. The molecule has 5 atom stereocenters. The number of β-amino-alcohol motifs (C(OH)–C–C–N with tert-alkyl or cyclic N) is 1. The van der Waals surface area contributed by atoms with E-state index in [1.54, 1.807) is 0 Å². The molecule has 2 fully saturated rings. The molecule has 0 bridgehead atoms. The number of aliphatic hydroxyl groups is 1. The highest BCUT2D eigenvalue weighted by atomic mass is 19.4. The van der Waals surface area contributed by atoms with Gasteiger partial charge in [-0.2, -0.15) is 17.6 Å². The van der Waals surface area contributed by atoms with Gasteiger partial charge < -0.3 is 24.6 Å². The molecule has 0 saturated carbocycles. The lowest BCUT2D eigenvalue weighted by molar-refractivity contribution is -0.272. The van der Waals surface area contributed by atoms with Gasteiger partial charge in [0, 0.05) is 37.0 Å². The lowest BCUT2D eigenvalue weighted by Gasteiger charge is -2.32. The Labute approximate surface area is 226 Å². The van der Waals surface area contributed by atoms with Gasteiger partial charge in [-0.05, 0) is 19.1 Å². The number of methoxy groups -OCH3 is 1. The zero-order valence-electron chi connectivity index (χ0n) is 21.9. The van der Waals surface area contributed by atoms with Gasteiger partial charge in [0.2, 0.25) is 5.82 Å². The Morgan fingerprint density at radius 2 is 1.93 bits per heavy atom. The van der Waals surface area contributed by atoms with E-state index in [0.717, 1.165) is 32.4 Å². The van der Waals surface area contributed by atoms with Gasteiger partial charge in [-0.3, -0.25) is 14.7 Å². The third-order valence-electron chi connectivity index (χ3n) is 7.58. The molecule has 1 amide bonds. The maximum absolute atomic E-state index is 14.7. The number of ether oxygens (including phenoxy) is 3. The van der Waals surface area contributed by atoms with Crippen molar-refractivity contribution in [2.75, 3.05) is 45.3 Å². The Morgan fingerprint density at radius 3 is 2.55 bits per heavy atom. The van der Waals surface area contributed by atoms with Crippen LogP contribution >= 0.6 is 0 Å². The molecular formula is C26H29F6N3O5. The molecule has 0 spiro atoms. The first kappa shape index (κ1) is 30.0. The molecule has 0 radical (unpaired) electrons. The number of hydrogen-bond donors (Lipinski definition) is 2. The number of carbonyl (C=O) groups excluding carboxylic acids is 1. The van der Waals surface area contributed by atoms with Crippen molar-refractivity contribution in [1.82, 2.24) is 9.88 Å². The molecule has 0 unspecified atom stereocenters. The van der Waals surface area contributed by atoms with Gasteiger partial charge >= 0.3 is 6.18 Å². The largest absolute Gasteiger partial charge is 0.493 e. The van der Waals surface area contributed by atoms with Crippen molar-refractivity contribution in [3.63, 3.8) is 0 Å². The molecule has 2 N–H and O–H groups in total. The fraction of sp³-hybridized carbons (Fsp3) is 0.538. The number of pyridine rings is 1. The summed E-state index contributed by atoms with van der Waals surface area (Å²) in [5.41, 5.74) is -3.53. The standard InChI is InChI=1S/C26H29F6N3O5/c1-13-20(14-4-5-15(27)21(29)22(14)38-3)23(40-25(13,2)26(30,31)32)24(37)34-17-10-18(33-11-16(17)28)19(36)12-35-6-8-39-9-7-35/h4-5,10-11,13,19-20,23,36H,6-9,12H2,1-3H3,(H,33,34,37)/t13-,19+,20-,23+,25+/m0/s1. The molecule has 220 valence electrons. The van der Waals surface area contributed by atoms with Gasteiger partial charge in [0.1, 0.15) is 12.2 Å². The highest BCUT2D eigenvalue weighted by Gasteiger charge is 2.66. The van der Waals surface area contributed by atoms with Crippen LogP contribution in [0.5, 0.6) is 5.75 Å². The third-order valence-corrected chi connectivity index (χ3v) is 7.58. The minimum absolute atomic E-state index is 0.0165. The highest BCUT2D eigenvalue weighted by Crippen LogP contribution is 2.55. The predicted molar refractivity (Wildman–Crippen MR) is 129 cm³/mol. The number of halogens is 6. The van der Waals surface area contributed by atoms with Crippen LogP contribution < -0.4 is 10.1 Å². The molecule has 3 heterocycles. The molecule has 40 heavy (non-hydrogen) atoms. The number of hydrogen-bond acceptors (Lipinski definition) is 7. The second-order valence-electron chi connectivity index (χ2n) is 9.95. The normalized spacial score (nSPS) is 26.5. The van der Waals surface area contributed by atoms with Crippen LogP contribution in [0.4, 0.5) is 32.0 Å². The number of morpholine rings is 1. The van der Waals surface area contributed by atoms with Crippen molar-refractivity contribution in [1.29, 1.82) is 0 Å². The zero-order valence-corrected chi connectivity index (χ0v) is 21.9. The molecule has 2 aliphatic heterocycles. The Balaban J connectivity index is 1.66. The van der Waals surface area contributed by atoms with Crippen LogP contribution in [0.2, 0.25) is 0 Å². The van der Waals surface area contributed by atoms with Gasteiger partial charge in [-0.15, -0.1) is 0 Å². The first-order valence-electron chi connectivity index (χ1n) is 12.5. The summed E-state index contributed by atoms with van der Waals surface area (Å²) in [4.78, 5) is 19.2. The van der Waals surface area contributed by atoms with Crippen LogP contribution in [0.25, 0.3) is 0 Å². The maximum atomic E-state index is 14.7. The van der Waals surface area contributed by atoms with E-state index >= 15 is 0 Å². The van der Waals surface area contributed by atoms with Crippen molar-refractivity contribution in [2.45, 2.75) is 43.8 Å². The van der Waals surface area contributed by atoms with E-state index in [4.69, 9.17) is 14.2 Å². The van der Waals surface area contributed by atoms with E-state index in [1.165, 1.54) is 6.92 Å². The summed E-state index contributed by atoms with van der Waals surface area (Å²) < 4.78 is 101. The molecule has 1 aromatic carbocycles. The van der Waals surface area contributed by atoms with Gasteiger partial charge in [-0.25, -0.2) is 8.78 Å². The molecule has 0 aliphatic carbocycles. The number of aliphatic hydroxyl groups excluding tert-OH is 1. The molecule has 2 aromatic rings. The van der Waals surface area contributed by atoms with E-state index in [1.807, 2.05) is 4.90 Å². The molecule has 8 nitrogen and oxygen atoms in total. The van der Waals surface area contributed by atoms with E-state index in [0.29, 0.717) is 32.4 Å². The van der Waals surface area contributed by atoms with Crippen molar-refractivity contribution < 1.29 is 50.5 Å². The number of carbonyl (C=O) groups is 1. The van der Waals surface area contributed by atoms with Crippen molar-refractivity contribution in [3.8, 4) is 5.75 Å². The number of aromatic nitrogens is 1. The maximum Gasteiger partial charge on any atom is 0.417 e. The van der Waals surface area contributed by atoms with Gasteiger partial charge in [0.15, 0.2) is 23.0 Å². The van der Waals surface area contributed by atoms with E-state index in [2.05, 4.69) is 10.3 Å². The van der Waals surface area contributed by atoms with Crippen molar-refractivity contribution in [2.24, 2.45) is 5.92 Å². The molecule has 1 aromatic heterocycles. The van der Waals surface area contributed by atoms with E-state index in [-0.39, 0.29) is 17.8 Å². The summed E-state index contributed by atoms with van der Waals surface area (Å²) in [5.74, 6) is -8.53. The Bertz CT molecular complexity index is 1240. The zero-order chi connectivity index (χ0) is 29.4. The average molecular weight is 578 g/mol. The summed E-state index contributed by atoms with van der Waals surface area (Å²) in [6.07, 6.45) is -7.26. The molecule has 4 rings (SSSR count).